The summed E-state index contributed by atoms with van der Waals surface area (Å²) in [4.78, 5) is 17.2. The summed E-state index contributed by atoms with van der Waals surface area (Å²) < 4.78 is 45.9. The topological polar surface area (TPSA) is 78.9 Å². The van der Waals surface area contributed by atoms with Crippen LogP contribution < -0.4 is 5.73 Å². The summed E-state index contributed by atoms with van der Waals surface area (Å²) in [5, 5.41) is 8.86. The third-order valence-electron chi connectivity index (χ3n) is 6.69. The summed E-state index contributed by atoms with van der Waals surface area (Å²) in [5.74, 6) is -2.86. The molecule has 0 amide bonds. The minimum absolute atomic E-state index is 0.0262. The Kier molecular flexibility index (Phi) is 7.59. The maximum atomic E-state index is 15.5. The second kappa shape index (κ2) is 10.5. The number of aliphatic imine (C=N–C) groups is 1. The van der Waals surface area contributed by atoms with E-state index in [1.165, 1.54) is 20.0 Å². The predicted molar refractivity (Wildman–Crippen MR) is 140 cm³/mol. The molecule has 2 aromatic rings. The number of fused-ring (bicyclic) bond motifs is 1. The molecule has 3 N–H and O–H groups in total. The summed E-state index contributed by atoms with van der Waals surface area (Å²) in [6, 6.07) is 7.11. The van der Waals surface area contributed by atoms with Gasteiger partial charge in [0, 0.05) is 42.2 Å². The number of halogens is 3. The summed E-state index contributed by atoms with van der Waals surface area (Å²) in [5.41, 5.74) is 7.37. The molecule has 1 fully saturated rings. The van der Waals surface area contributed by atoms with Gasteiger partial charge >= 0.3 is 5.97 Å². The summed E-state index contributed by atoms with van der Waals surface area (Å²) in [6.07, 6.45) is 7.92. The first-order chi connectivity index (χ1) is 17.5. The van der Waals surface area contributed by atoms with Crippen LogP contribution in [0.25, 0.3) is 11.6 Å². The van der Waals surface area contributed by atoms with Gasteiger partial charge in [0.1, 0.15) is 17.3 Å². The molecule has 1 saturated carbocycles. The van der Waals surface area contributed by atoms with Crippen molar-refractivity contribution in [2.75, 3.05) is 6.54 Å². The van der Waals surface area contributed by atoms with Crippen LogP contribution in [0.1, 0.15) is 67.5 Å². The number of carbonyl (C=O) groups is 1. The van der Waals surface area contributed by atoms with Crippen molar-refractivity contribution in [3.05, 3.63) is 82.1 Å². The van der Waals surface area contributed by atoms with E-state index in [2.05, 4.69) is 4.99 Å². The molecule has 0 radical (unpaired) electrons. The van der Waals surface area contributed by atoms with Gasteiger partial charge in [0.15, 0.2) is 0 Å². The van der Waals surface area contributed by atoms with Crippen LogP contribution in [-0.2, 0) is 11.2 Å². The minimum atomic E-state index is -1.60. The largest absolute Gasteiger partial charge is 0.478 e. The molecule has 2 atom stereocenters. The highest BCUT2D eigenvalue weighted by Crippen LogP contribution is 2.42. The van der Waals surface area contributed by atoms with Crippen molar-refractivity contribution in [3.63, 3.8) is 0 Å². The van der Waals surface area contributed by atoms with Gasteiger partial charge in [-0.2, -0.15) is 0 Å². The molecule has 2 unspecified atom stereocenters. The van der Waals surface area contributed by atoms with Crippen LogP contribution in [0, 0.1) is 11.6 Å². The average Bonchev–Trinajstić information content (AvgIpc) is 3.63. The zero-order valence-electron chi connectivity index (χ0n) is 21.2. The number of rotatable bonds is 8. The zero-order valence-corrected chi connectivity index (χ0v) is 21.2. The molecule has 8 heteroatoms. The average molecular weight is 512 g/mol. The fourth-order valence-electron chi connectivity index (χ4n) is 4.85. The van der Waals surface area contributed by atoms with E-state index in [0.29, 0.717) is 18.0 Å². The molecular weight excluding hydrogens is 479 g/mol. The number of hydrogen-bond donors (Lipinski definition) is 2. The number of aliphatic carboxylic acids is 1. The monoisotopic (exact) mass is 511 g/mol. The van der Waals surface area contributed by atoms with Crippen molar-refractivity contribution in [2.45, 2.75) is 63.8 Å². The Labute approximate surface area is 215 Å². The molecule has 1 aliphatic heterocycles. The number of benzene rings is 2. The maximum Gasteiger partial charge on any atom is 0.328 e. The lowest BCUT2D eigenvalue weighted by molar-refractivity contribution is -0.131. The summed E-state index contributed by atoms with van der Waals surface area (Å²) >= 11 is 0. The van der Waals surface area contributed by atoms with Crippen LogP contribution in [0.3, 0.4) is 0 Å². The Bertz CT molecular complexity index is 1250. The summed E-state index contributed by atoms with van der Waals surface area (Å²) in [7, 11) is 0. The minimum Gasteiger partial charge on any atom is -0.478 e. The third-order valence-corrected chi connectivity index (χ3v) is 6.69. The van der Waals surface area contributed by atoms with E-state index >= 15 is 8.78 Å². The van der Waals surface area contributed by atoms with E-state index in [1.807, 2.05) is 25.1 Å². The normalized spacial score (nSPS) is 21.1. The van der Waals surface area contributed by atoms with Crippen molar-refractivity contribution in [1.82, 2.24) is 4.90 Å². The van der Waals surface area contributed by atoms with Gasteiger partial charge in [-0.15, -0.1) is 0 Å². The van der Waals surface area contributed by atoms with Gasteiger partial charge in [-0.1, -0.05) is 18.2 Å². The second-order valence-electron chi connectivity index (χ2n) is 10.5. The van der Waals surface area contributed by atoms with Crippen molar-refractivity contribution >= 4 is 23.8 Å². The van der Waals surface area contributed by atoms with Crippen LogP contribution in [0.2, 0.25) is 0 Å². The van der Waals surface area contributed by atoms with Crippen molar-refractivity contribution in [1.29, 1.82) is 0 Å². The lowest BCUT2D eigenvalue weighted by Gasteiger charge is -2.44. The van der Waals surface area contributed by atoms with E-state index in [0.717, 1.165) is 53.8 Å². The molecule has 5 nitrogen and oxygen atoms in total. The molecule has 37 heavy (non-hydrogen) atoms. The molecule has 1 heterocycles. The van der Waals surface area contributed by atoms with Crippen LogP contribution >= 0.6 is 0 Å². The molecule has 0 bridgehead atoms. The Morgan fingerprint density at radius 2 is 1.89 bits per heavy atom. The quantitative estimate of drug-likeness (QED) is 0.353. The number of nitrogens with two attached hydrogens (primary N) is 1. The molecule has 0 saturated heterocycles. The zero-order chi connectivity index (χ0) is 26.9. The molecule has 0 aromatic heterocycles. The van der Waals surface area contributed by atoms with Gasteiger partial charge in [0.2, 0.25) is 0 Å². The van der Waals surface area contributed by atoms with E-state index in [9.17, 15) is 9.18 Å². The first-order valence-electron chi connectivity index (χ1n) is 12.4. The Balaban J connectivity index is 1.81. The number of hydrogen-bond acceptors (Lipinski definition) is 4. The van der Waals surface area contributed by atoms with E-state index < -0.39 is 29.3 Å². The molecule has 2 aliphatic rings. The molecule has 1 aliphatic carbocycles. The summed E-state index contributed by atoms with van der Waals surface area (Å²) in [6.45, 7) is 4.78. The third kappa shape index (κ3) is 6.31. The number of nitrogens with zero attached hydrogens (tertiary/aromatic N) is 2. The Morgan fingerprint density at radius 3 is 2.46 bits per heavy atom. The first kappa shape index (κ1) is 26.7. The Morgan fingerprint density at radius 1 is 1.22 bits per heavy atom. The Hall–Kier alpha value is -3.39. The van der Waals surface area contributed by atoms with Gasteiger partial charge in [-0.25, -0.2) is 18.0 Å². The highest BCUT2D eigenvalue weighted by atomic mass is 19.1. The molecule has 4 rings (SSSR count). The lowest BCUT2D eigenvalue weighted by atomic mass is 9.82. The van der Waals surface area contributed by atoms with Crippen LogP contribution in [0.15, 0.2) is 47.6 Å². The van der Waals surface area contributed by atoms with E-state index in [1.54, 1.807) is 11.1 Å². The highest BCUT2D eigenvalue weighted by molar-refractivity contribution is 6.09. The van der Waals surface area contributed by atoms with E-state index in [-0.39, 0.29) is 23.7 Å². The van der Waals surface area contributed by atoms with Crippen LogP contribution in [-0.4, -0.2) is 46.5 Å². The number of alkyl halides is 1. The highest BCUT2D eigenvalue weighted by Gasteiger charge is 2.39. The predicted octanol–water partition coefficient (Wildman–Crippen LogP) is 5.68. The maximum absolute atomic E-state index is 15.5. The van der Waals surface area contributed by atoms with Crippen molar-refractivity contribution in [3.8, 4) is 0 Å². The first-order valence-corrected chi connectivity index (χ1v) is 12.4. The smallest absolute Gasteiger partial charge is 0.328 e. The number of allylic oxidation sites excluding steroid dienone is 1. The number of carboxylic acids is 1. The second-order valence-corrected chi connectivity index (χ2v) is 10.5. The van der Waals surface area contributed by atoms with Gasteiger partial charge in [0.25, 0.3) is 0 Å². The number of carboxylic acid groups (broad SMARTS) is 1. The van der Waals surface area contributed by atoms with Crippen molar-refractivity contribution in [2.24, 2.45) is 10.7 Å². The van der Waals surface area contributed by atoms with E-state index in [4.69, 9.17) is 10.8 Å². The molecule has 196 valence electrons. The fraction of sp³-hybridized carbons (Fsp3) is 0.379. The van der Waals surface area contributed by atoms with Gasteiger partial charge in [-0.05, 0) is 80.5 Å². The standard InChI is InChI=1S/C29H32F3N3O2/c1-17-10-20-13-19(21(14-33)15-34-22-6-7-22)5-8-23(20)28(35(17)16-29(2,3)32)27-24(30)11-18(12-25(27)31)4-9-26(36)37/h4-5,8-9,11-15,17,22,28H,6-7,10,16,33H2,1-3H3,(H,36,37)/b9-4+,21-14?,34-15?. The lowest BCUT2D eigenvalue weighted by Crippen LogP contribution is -2.48. The van der Waals surface area contributed by atoms with Gasteiger partial charge in [-0.3, -0.25) is 9.89 Å². The molecule has 0 spiro atoms. The van der Waals surface area contributed by atoms with Crippen LogP contribution in [0.4, 0.5) is 13.2 Å². The SMILES string of the molecule is CC1Cc2cc(C(C=NC3CC3)=CN)ccc2C(c2c(F)cc(/C=C/C(=O)O)cc2F)N1CC(C)(C)F. The molecule has 2 aromatic carbocycles. The van der Waals surface area contributed by atoms with Crippen LogP contribution in [0.5, 0.6) is 0 Å². The van der Waals surface area contributed by atoms with Gasteiger partial charge in [0.05, 0.1) is 12.1 Å². The van der Waals surface area contributed by atoms with Crippen molar-refractivity contribution < 1.29 is 23.1 Å². The van der Waals surface area contributed by atoms with Gasteiger partial charge < -0.3 is 10.8 Å². The molecular formula is C29H32F3N3O2. The fourth-order valence-corrected chi connectivity index (χ4v) is 4.85.